The minimum absolute atomic E-state index is 0.110. The quantitative estimate of drug-likeness (QED) is 0.778. The van der Waals surface area contributed by atoms with Crippen LogP contribution in [-0.2, 0) is 0 Å². The largest absolute Gasteiger partial charge is 0.307 e. The Hall–Kier alpha value is -0.890. The number of benzene rings is 1. The van der Waals surface area contributed by atoms with Gasteiger partial charge in [0.15, 0.2) is 0 Å². The SMILES string of the molecule is CC(NC1CC1C)c1ccccc1F. The van der Waals surface area contributed by atoms with Crippen molar-refractivity contribution in [1.29, 1.82) is 0 Å². The van der Waals surface area contributed by atoms with Gasteiger partial charge >= 0.3 is 0 Å². The van der Waals surface area contributed by atoms with Crippen LogP contribution in [0, 0.1) is 11.7 Å². The highest BCUT2D eigenvalue weighted by atomic mass is 19.1. The maximum atomic E-state index is 13.4. The molecule has 1 aromatic carbocycles. The zero-order valence-electron chi connectivity index (χ0n) is 8.63. The topological polar surface area (TPSA) is 12.0 Å². The highest BCUT2D eigenvalue weighted by Gasteiger charge is 2.33. The third kappa shape index (κ3) is 1.95. The summed E-state index contributed by atoms with van der Waals surface area (Å²) in [5.74, 6) is 0.644. The molecule has 0 bridgehead atoms. The van der Waals surface area contributed by atoms with Crippen LogP contribution in [0.1, 0.15) is 31.9 Å². The summed E-state index contributed by atoms with van der Waals surface area (Å²) in [6, 6.07) is 7.68. The Balaban J connectivity index is 2.03. The first-order valence-electron chi connectivity index (χ1n) is 5.19. The van der Waals surface area contributed by atoms with Crippen LogP contribution in [0.4, 0.5) is 4.39 Å². The molecule has 14 heavy (non-hydrogen) atoms. The third-order valence-corrected chi connectivity index (χ3v) is 2.95. The Kier molecular flexibility index (Phi) is 2.55. The summed E-state index contributed by atoms with van der Waals surface area (Å²) in [5, 5.41) is 3.42. The van der Waals surface area contributed by atoms with Gasteiger partial charge in [-0.05, 0) is 25.3 Å². The fourth-order valence-corrected chi connectivity index (χ4v) is 1.79. The van der Waals surface area contributed by atoms with Crippen molar-refractivity contribution in [2.75, 3.05) is 0 Å². The molecule has 0 heterocycles. The van der Waals surface area contributed by atoms with E-state index >= 15 is 0 Å². The van der Waals surface area contributed by atoms with Crippen molar-refractivity contribution in [2.24, 2.45) is 5.92 Å². The first-order chi connectivity index (χ1) is 6.68. The van der Waals surface area contributed by atoms with Gasteiger partial charge in [0.1, 0.15) is 5.82 Å². The monoisotopic (exact) mass is 193 g/mol. The molecule has 0 radical (unpaired) electrons. The van der Waals surface area contributed by atoms with E-state index in [-0.39, 0.29) is 11.9 Å². The molecule has 3 unspecified atom stereocenters. The second-order valence-corrected chi connectivity index (χ2v) is 4.23. The van der Waals surface area contributed by atoms with Gasteiger partial charge in [-0.1, -0.05) is 25.1 Å². The van der Waals surface area contributed by atoms with Crippen molar-refractivity contribution >= 4 is 0 Å². The van der Waals surface area contributed by atoms with Crippen molar-refractivity contribution < 1.29 is 4.39 Å². The van der Waals surface area contributed by atoms with E-state index in [9.17, 15) is 4.39 Å². The Morgan fingerprint density at radius 1 is 1.43 bits per heavy atom. The molecule has 3 atom stereocenters. The zero-order valence-corrected chi connectivity index (χ0v) is 8.63. The summed E-state index contributed by atoms with van der Waals surface area (Å²) in [7, 11) is 0. The molecule has 1 saturated carbocycles. The van der Waals surface area contributed by atoms with Gasteiger partial charge in [-0.3, -0.25) is 0 Å². The molecule has 76 valence electrons. The second-order valence-electron chi connectivity index (χ2n) is 4.23. The first-order valence-corrected chi connectivity index (χ1v) is 5.19. The Morgan fingerprint density at radius 3 is 2.64 bits per heavy atom. The predicted molar refractivity (Wildman–Crippen MR) is 55.5 cm³/mol. The van der Waals surface area contributed by atoms with Gasteiger partial charge < -0.3 is 5.32 Å². The summed E-state index contributed by atoms with van der Waals surface area (Å²) in [4.78, 5) is 0. The van der Waals surface area contributed by atoms with E-state index in [1.54, 1.807) is 6.07 Å². The molecular formula is C12H16FN. The minimum atomic E-state index is -0.110. The molecule has 0 saturated heterocycles. The van der Waals surface area contributed by atoms with E-state index in [0.29, 0.717) is 6.04 Å². The molecule has 0 spiro atoms. The van der Waals surface area contributed by atoms with E-state index < -0.39 is 0 Å². The predicted octanol–water partition coefficient (Wildman–Crippen LogP) is 2.88. The molecule has 1 aliphatic rings. The average Bonchev–Trinajstić information content (AvgIpc) is 2.82. The second kappa shape index (κ2) is 3.70. The highest BCUT2D eigenvalue weighted by molar-refractivity contribution is 5.21. The van der Waals surface area contributed by atoms with Gasteiger partial charge in [-0.15, -0.1) is 0 Å². The molecule has 2 rings (SSSR count). The van der Waals surface area contributed by atoms with Crippen molar-refractivity contribution in [3.63, 3.8) is 0 Å². The molecule has 0 amide bonds. The maximum Gasteiger partial charge on any atom is 0.127 e. The maximum absolute atomic E-state index is 13.4. The Bertz CT molecular complexity index is 324. The molecule has 1 aliphatic carbocycles. The van der Waals surface area contributed by atoms with E-state index in [1.165, 1.54) is 12.5 Å². The highest BCUT2D eigenvalue weighted by Crippen LogP contribution is 2.31. The molecule has 2 heteroatoms. The Morgan fingerprint density at radius 2 is 2.07 bits per heavy atom. The average molecular weight is 193 g/mol. The molecule has 1 nitrogen and oxygen atoms in total. The van der Waals surface area contributed by atoms with E-state index in [2.05, 4.69) is 12.2 Å². The molecule has 1 fully saturated rings. The summed E-state index contributed by atoms with van der Waals surface area (Å²) < 4.78 is 13.4. The van der Waals surface area contributed by atoms with Crippen LogP contribution in [0.15, 0.2) is 24.3 Å². The van der Waals surface area contributed by atoms with Crippen molar-refractivity contribution in [3.05, 3.63) is 35.6 Å². The van der Waals surface area contributed by atoms with Crippen LogP contribution in [-0.4, -0.2) is 6.04 Å². The number of halogens is 1. The Labute approximate surface area is 84.3 Å². The van der Waals surface area contributed by atoms with Crippen LogP contribution < -0.4 is 5.32 Å². The fraction of sp³-hybridized carbons (Fsp3) is 0.500. The van der Waals surface area contributed by atoms with Gasteiger partial charge in [0, 0.05) is 17.6 Å². The molecular weight excluding hydrogens is 177 g/mol. The standard InChI is InChI=1S/C12H16FN/c1-8-7-12(8)14-9(2)10-5-3-4-6-11(10)13/h3-6,8-9,12,14H,7H2,1-2H3. The van der Waals surface area contributed by atoms with Gasteiger partial charge in [0.2, 0.25) is 0 Å². The number of hydrogen-bond acceptors (Lipinski definition) is 1. The third-order valence-electron chi connectivity index (χ3n) is 2.95. The van der Waals surface area contributed by atoms with Crippen LogP contribution in [0.3, 0.4) is 0 Å². The summed E-state index contributed by atoms with van der Waals surface area (Å²) in [6.45, 7) is 4.23. The van der Waals surface area contributed by atoms with Crippen LogP contribution in [0.2, 0.25) is 0 Å². The molecule has 0 aromatic heterocycles. The molecule has 1 N–H and O–H groups in total. The van der Waals surface area contributed by atoms with Crippen molar-refractivity contribution in [1.82, 2.24) is 5.32 Å². The first kappa shape index (κ1) is 9.66. The fourth-order valence-electron chi connectivity index (χ4n) is 1.79. The van der Waals surface area contributed by atoms with E-state index in [0.717, 1.165) is 11.5 Å². The van der Waals surface area contributed by atoms with Crippen LogP contribution in [0.5, 0.6) is 0 Å². The van der Waals surface area contributed by atoms with Crippen LogP contribution in [0.25, 0.3) is 0 Å². The number of nitrogens with one attached hydrogen (secondary N) is 1. The minimum Gasteiger partial charge on any atom is -0.307 e. The smallest absolute Gasteiger partial charge is 0.127 e. The van der Waals surface area contributed by atoms with E-state index in [1.807, 2.05) is 19.1 Å². The van der Waals surface area contributed by atoms with Gasteiger partial charge in [0.25, 0.3) is 0 Å². The van der Waals surface area contributed by atoms with Gasteiger partial charge in [-0.2, -0.15) is 0 Å². The summed E-state index contributed by atoms with van der Waals surface area (Å²) in [5.41, 5.74) is 0.770. The lowest BCUT2D eigenvalue weighted by Crippen LogP contribution is -2.22. The number of rotatable bonds is 3. The summed E-state index contributed by atoms with van der Waals surface area (Å²) in [6.07, 6.45) is 1.22. The lowest BCUT2D eigenvalue weighted by atomic mass is 10.1. The molecule has 0 aliphatic heterocycles. The summed E-state index contributed by atoms with van der Waals surface area (Å²) >= 11 is 0. The lowest BCUT2D eigenvalue weighted by molar-refractivity contribution is 0.515. The van der Waals surface area contributed by atoms with E-state index in [4.69, 9.17) is 0 Å². The zero-order chi connectivity index (χ0) is 10.1. The normalized spacial score (nSPS) is 27.4. The number of hydrogen-bond donors (Lipinski definition) is 1. The van der Waals surface area contributed by atoms with Crippen molar-refractivity contribution in [2.45, 2.75) is 32.4 Å². The lowest BCUT2D eigenvalue weighted by Gasteiger charge is -2.14. The van der Waals surface area contributed by atoms with Crippen LogP contribution >= 0.6 is 0 Å². The van der Waals surface area contributed by atoms with Crippen molar-refractivity contribution in [3.8, 4) is 0 Å². The van der Waals surface area contributed by atoms with Gasteiger partial charge in [-0.25, -0.2) is 4.39 Å². The van der Waals surface area contributed by atoms with Gasteiger partial charge in [0.05, 0.1) is 0 Å². The molecule has 1 aromatic rings.